The van der Waals surface area contributed by atoms with Crippen LogP contribution in [0.25, 0.3) is 0 Å². The molecule has 0 bridgehead atoms. The van der Waals surface area contributed by atoms with E-state index >= 15 is 0 Å². The fourth-order valence-corrected chi connectivity index (χ4v) is 9.72. The van der Waals surface area contributed by atoms with Gasteiger partial charge in [-0.1, -0.05) is 36.2 Å². The van der Waals surface area contributed by atoms with E-state index in [0.717, 1.165) is 36.8 Å². The highest BCUT2D eigenvalue weighted by molar-refractivity contribution is 6.03. The Morgan fingerprint density at radius 1 is 0.908 bits per heavy atom. The zero-order chi connectivity index (χ0) is 45.9. The van der Waals surface area contributed by atoms with Crippen molar-refractivity contribution in [2.45, 2.75) is 82.1 Å². The number of amides is 1. The Labute approximate surface area is 377 Å². The molecule has 17 heteroatoms. The summed E-state index contributed by atoms with van der Waals surface area (Å²) in [5.74, 6) is -1.66. The normalized spacial score (nSPS) is 23.6. The molecule has 0 spiro atoms. The summed E-state index contributed by atoms with van der Waals surface area (Å²) in [7, 11) is 0. The lowest BCUT2D eigenvalue weighted by molar-refractivity contribution is -0.385. The third-order valence-electron chi connectivity index (χ3n) is 12.8. The summed E-state index contributed by atoms with van der Waals surface area (Å²) < 4.78 is 26.4. The predicted octanol–water partition coefficient (Wildman–Crippen LogP) is 7.38. The van der Waals surface area contributed by atoms with Gasteiger partial charge in [0.25, 0.3) is 11.4 Å². The molecule has 0 aromatic heterocycles. The number of non-ortho nitro benzene ring substituents is 2. The molecule has 4 aliphatic rings. The van der Waals surface area contributed by atoms with Gasteiger partial charge in [0.15, 0.2) is 0 Å². The first-order chi connectivity index (χ1) is 31.6. The van der Waals surface area contributed by atoms with Crippen LogP contribution in [0.15, 0.2) is 96.2 Å². The molecule has 65 heavy (non-hydrogen) atoms. The Kier molecular flexibility index (Phi) is 16.0. The number of fused-ring (bicyclic) bond motifs is 2. The van der Waals surface area contributed by atoms with Crippen molar-refractivity contribution in [1.29, 1.82) is 0 Å². The number of allylic oxidation sites excluding steroid dienone is 1. The van der Waals surface area contributed by atoms with Crippen molar-refractivity contribution >= 4 is 23.0 Å². The van der Waals surface area contributed by atoms with Gasteiger partial charge in [-0.15, -0.1) is 6.58 Å². The number of nitro groups is 2. The maximum Gasteiger partial charge on any atom is 0.273 e. The quantitative estimate of drug-likeness (QED) is 0.0327. The summed E-state index contributed by atoms with van der Waals surface area (Å²) in [5, 5.41) is 57.3. The number of nitrogens with zero attached hydrogens (tertiary/aromatic N) is 4. The average Bonchev–Trinajstić information content (AvgIpc) is 4.16. The van der Waals surface area contributed by atoms with Crippen molar-refractivity contribution in [3.05, 3.63) is 122 Å². The largest absolute Gasteiger partial charge is 0.459 e. The number of aliphatic hydroxyl groups excluding tert-OH is 3. The van der Waals surface area contributed by atoms with Gasteiger partial charge in [0.05, 0.1) is 54.0 Å². The number of oxime groups is 1. The molecule has 3 aromatic carbocycles. The molecule has 17 nitrogen and oxygen atoms in total. The van der Waals surface area contributed by atoms with Crippen molar-refractivity contribution in [1.82, 2.24) is 4.90 Å². The molecular weight excluding hydrogens is 841 g/mol. The monoisotopic (exact) mass is 898 g/mol. The maximum atomic E-state index is 14.6. The van der Waals surface area contributed by atoms with Gasteiger partial charge in [-0.2, -0.15) is 0 Å². The second kappa shape index (κ2) is 22.0. The van der Waals surface area contributed by atoms with Crippen LogP contribution >= 0.6 is 0 Å². The van der Waals surface area contributed by atoms with Gasteiger partial charge >= 0.3 is 0 Å². The Bertz CT molecular complexity index is 2210. The Hall–Kier alpha value is -5.72. The first kappa shape index (κ1) is 47.2. The van der Waals surface area contributed by atoms with E-state index in [1.807, 2.05) is 12.1 Å². The van der Waals surface area contributed by atoms with E-state index in [9.17, 15) is 40.3 Å². The van der Waals surface area contributed by atoms with E-state index in [-0.39, 0.29) is 106 Å². The van der Waals surface area contributed by atoms with Crippen LogP contribution in [0.5, 0.6) is 17.2 Å². The van der Waals surface area contributed by atoms with Crippen molar-refractivity contribution in [3.63, 3.8) is 0 Å². The number of carbonyl (C=O) groups is 1. The first-order valence-corrected chi connectivity index (χ1v) is 22.5. The lowest BCUT2D eigenvalue weighted by Crippen LogP contribution is -2.70. The Morgan fingerprint density at radius 2 is 1.65 bits per heavy atom. The summed E-state index contributed by atoms with van der Waals surface area (Å²) in [6, 6.07) is 16.7. The number of ether oxygens (including phenoxy) is 4. The van der Waals surface area contributed by atoms with Crippen molar-refractivity contribution in [2.24, 2.45) is 28.8 Å². The Balaban J connectivity index is 1.41. The van der Waals surface area contributed by atoms with Crippen LogP contribution in [0.2, 0.25) is 0 Å². The van der Waals surface area contributed by atoms with Gasteiger partial charge in [0, 0.05) is 61.8 Å². The fraction of sp³-hybridized carbons (Fsp3) is 0.500. The number of nitro benzene ring substituents is 2. The molecule has 2 saturated carbocycles. The summed E-state index contributed by atoms with van der Waals surface area (Å²) in [4.78, 5) is 44.6. The van der Waals surface area contributed by atoms with Crippen molar-refractivity contribution in [2.75, 3.05) is 46.2 Å². The molecule has 6 atom stereocenters. The Morgan fingerprint density at radius 3 is 2.34 bits per heavy atom. The molecule has 3 aliphatic carbocycles. The minimum atomic E-state index is -1.51. The number of rotatable bonds is 25. The number of hydrogen-bond donors (Lipinski definition) is 3. The zero-order valence-electron chi connectivity index (χ0n) is 36.4. The van der Waals surface area contributed by atoms with Gasteiger partial charge in [-0.25, -0.2) is 0 Å². The molecule has 3 N–H and O–H groups in total. The van der Waals surface area contributed by atoms with E-state index in [1.165, 1.54) is 24.3 Å². The molecule has 7 rings (SSSR count). The molecule has 1 heterocycles. The molecule has 1 amide bonds. The van der Waals surface area contributed by atoms with Gasteiger partial charge in [-0.05, 0) is 97.9 Å². The molecule has 2 fully saturated rings. The third kappa shape index (κ3) is 10.9. The van der Waals surface area contributed by atoms with E-state index < -0.39 is 27.6 Å². The van der Waals surface area contributed by atoms with Crippen LogP contribution in [0, 0.1) is 43.9 Å². The standard InChI is InChI=1S/C48H58N4O13/c1-2-24-62-48-44(50(20-25-61-26-23-55)47(56)33-14-15-33)30-42(49-63-31-32-12-16-35(17-13-32)51(57)58)40-27-34(8-3-5-21-53)39(11-4-6-22-54)45(46(40)48)41-29-38(18-19-43(41)65-48)64-37-10-7-9-36(28-37)52(59)60/h2,7,9-10,12-13,16-19,27-29,33-34,39,44-46,53-55H,1,3-6,8,11,14-15,20-26,30-31H2/t34-,39+,44-,45+,46+,48+/m0/s1. The van der Waals surface area contributed by atoms with Gasteiger partial charge in [0.1, 0.15) is 29.9 Å². The van der Waals surface area contributed by atoms with Crippen LogP contribution in [0.3, 0.4) is 0 Å². The molecule has 3 aromatic rings. The van der Waals surface area contributed by atoms with Crippen molar-refractivity contribution < 1.29 is 53.7 Å². The van der Waals surface area contributed by atoms with Crippen LogP contribution < -0.4 is 9.47 Å². The second-order valence-electron chi connectivity index (χ2n) is 17.0. The molecule has 0 radical (unpaired) electrons. The molecule has 1 aliphatic heterocycles. The van der Waals surface area contributed by atoms with Crippen LogP contribution in [-0.2, 0) is 25.7 Å². The van der Waals surface area contributed by atoms with Crippen LogP contribution in [0.4, 0.5) is 11.4 Å². The fourth-order valence-electron chi connectivity index (χ4n) is 9.72. The minimum absolute atomic E-state index is 0.00670. The maximum absolute atomic E-state index is 14.6. The van der Waals surface area contributed by atoms with E-state index in [2.05, 4.69) is 12.7 Å². The smallest absolute Gasteiger partial charge is 0.273 e. The van der Waals surface area contributed by atoms with Crippen LogP contribution in [-0.4, -0.2) is 99.7 Å². The molecule has 0 saturated heterocycles. The van der Waals surface area contributed by atoms with Gasteiger partial charge in [-0.3, -0.25) is 25.0 Å². The molecule has 348 valence electrons. The molecular formula is C48H58N4O13. The summed E-state index contributed by atoms with van der Waals surface area (Å²) in [6.45, 7) is 4.34. The SMILES string of the molecule is C=CCO[C@@]12Oc3ccc(Oc4cccc([N+](=O)[O-])c4)cc3[C@H]3[C@H](CCCCO)[C@@H](CCCCO)C=C(C(=NOCc4ccc([N+](=O)[O-])cc4)C[C@@H]1N(CCOCCO)C(=O)C1CC1)[C@H]32. The zero-order valence-corrected chi connectivity index (χ0v) is 36.4. The van der Waals surface area contributed by atoms with Gasteiger partial charge < -0.3 is 44.0 Å². The summed E-state index contributed by atoms with van der Waals surface area (Å²) in [5.41, 5.74) is 2.69. The number of hydrogen-bond acceptors (Lipinski definition) is 14. The van der Waals surface area contributed by atoms with E-state index in [1.54, 1.807) is 41.3 Å². The van der Waals surface area contributed by atoms with Gasteiger partial charge in [0.2, 0.25) is 11.7 Å². The lowest BCUT2D eigenvalue weighted by atomic mass is 9.55. The third-order valence-corrected chi connectivity index (χ3v) is 12.8. The highest BCUT2D eigenvalue weighted by Crippen LogP contribution is 2.62. The highest BCUT2D eigenvalue weighted by atomic mass is 16.7. The summed E-state index contributed by atoms with van der Waals surface area (Å²) >= 11 is 0. The number of aliphatic hydroxyl groups is 3. The van der Waals surface area contributed by atoms with Crippen LogP contribution in [0.1, 0.15) is 74.8 Å². The predicted molar refractivity (Wildman–Crippen MR) is 238 cm³/mol. The van der Waals surface area contributed by atoms with Crippen molar-refractivity contribution in [3.8, 4) is 17.2 Å². The number of unbranched alkanes of at least 4 members (excludes halogenated alkanes) is 2. The van der Waals surface area contributed by atoms with E-state index in [0.29, 0.717) is 48.5 Å². The number of carbonyl (C=O) groups excluding carboxylic acids is 1. The number of benzene rings is 3. The van der Waals surface area contributed by atoms with E-state index in [4.69, 9.17) is 28.9 Å². The molecule has 0 unspecified atom stereocenters. The lowest BCUT2D eigenvalue weighted by Gasteiger charge is -2.60. The summed E-state index contributed by atoms with van der Waals surface area (Å²) in [6.07, 6.45) is 9.56. The minimum Gasteiger partial charge on any atom is -0.459 e. The second-order valence-corrected chi connectivity index (χ2v) is 17.0. The highest BCUT2D eigenvalue weighted by Gasteiger charge is 2.66. The first-order valence-electron chi connectivity index (χ1n) is 22.5. The average molecular weight is 899 g/mol. The topological polar surface area (TPSA) is 226 Å².